The van der Waals surface area contributed by atoms with E-state index >= 15 is 0 Å². The molecule has 1 atom stereocenters. The maximum Gasteiger partial charge on any atom is 0.263 e. The Labute approximate surface area is 129 Å². The van der Waals surface area contributed by atoms with Crippen LogP contribution in [-0.4, -0.2) is 32.3 Å². The minimum Gasteiger partial charge on any atom is -0.396 e. The number of thioether (sulfide) groups is 1. The first-order valence-corrected chi connectivity index (χ1v) is 8.97. The molecule has 1 aliphatic heterocycles. The van der Waals surface area contributed by atoms with Crippen molar-refractivity contribution in [2.75, 3.05) is 37.0 Å². The van der Waals surface area contributed by atoms with Crippen molar-refractivity contribution in [2.24, 2.45) is 11.8 Å². The topological polar surface area (TPSA) is 58.4 Å². The third kappa shape index (κ3) is 2.76. The maximum atomic E-state index is 11.9. The number of hydrogen-bond acceptors (Lipinski definition) is 5. The van der Waals surface area contributed by atoms with Gasteiger partial charge in [-0.3, -0.25) is 4.79 Å². The monoisotopic (exact) mass is 313 g/mol. The number of hydrogen-bond donors (Lipinski definition) is 2. The summed E-state index contributed by atoms with van der Waals surface area (Å²) < 4.78 is 0. The summed E-state index contributed by atoms with van der Waals surface area (Å²) in [5.41, 5.74) is 6.78. The number of nitrogens with one attached hydrogen (secondary N) is 1. The molecule has 1 aliphatic rings. The van der Waals surface area contributed by atoms with Gasteiger partial charge in [0.05, 0.1) is 10.6 Å². The van der Waals surface area contributed by atoms with E-state index in [1.165, 1.54) is 17.8 Å². The second-order valence-corrected chi connectivity index (χ2v) is 7.32. The molecular formula is C14H23N3OS2. The van der Waals surface area contributed by atoms with Crippen LogP contribution in [0.2, 0.25) is 0 Å². The van der Waals surface area contributed by atoms with E-state index in [1.807, 2.05) is 6.26 Å². The number of carbonyl (C=O) groups excluding carboxylic acids is 1. The molecule has 112 valence electrons. The molecule has 0 aliphatic carbocycles. The smallest absolute Gasteiger partial charge is 0.263 e. The fourth-order valence-corrected chi connectivity index (χ4v) is 4.78. The van der Waals surface area contributed by atoms with Crippen molar-refractivity contribution in [3.05, 3.63) is 4.88 Å². The molecule has 4 nitrogen and oxygen atoms in total. The van der Waals surface area contributed by atoms with E-state index in [2.05, 4.69) is 24.1 Å². The van der Waals surface area contributed by atoms with Crippen LogP contribution in [0.15, 0.2) is 4.90 Å². The van der Waals surface area contributed by atoms with Gasteiger partial charge in [0.15, 0.2) is 0 Å². The Morgan fingerprint density at radius 1 is 1.55 bits per heavy atom. The lowest BCUT2D eigenvalue weighted by molar-refractivity contribution is 0.0968. The highest BCUT2D eigenvalue weighted by molar-refractivity contribution is 7.99. The van der Waals surface area contributed by atoms with Crippen LogP contribution in [0.3, 0.4) is 0 Å². The van der Waals surface area contributed by atoms with Gasteiger partial charge in [-0.15, -0.1) is 23.1 Å². The van der Waals surface area contributed by atoms with Crippen LogP contribution in [0, 0.1) is 11.8 Å². The van der Waals surface area contributed by atoms with E-state index in [0.717, 1.165) is 28.9 Å². The van der Waals surface area contributed by atoms with Crippen molar-refractivity contribution in [2.45, 2.75) is 25.2 Å². The second kappa shape index (κ2) is 6.26. The van der Waals surface area contributed by atoms with E-state index in [1.54, 1.807) is 18.8 Å². The molecule has 1 aromatic heterocycles. The van der Waals surface area contributed by atoms with Crippen LogP contribution < -0.4 is 16.0 Å². The Bertz CT molecular complexity index is 499. The number of rotatable bonds is 4. The number of nitrogens with two attached hydrogens (primary N) is 1. The molecule has 20 heavy (non-hydrogen) atoms. The number of carbonyl (C=O) groups is 1. The van der Waals surface area contributed by atoms with Gasteiger partial charge in [-0.1, -0.05) is 13.8 Å². The minimum absolute atomic E-state index is 0.0892. The van der Waals surface area contributed by atoms with Gasteiger partial charge in [-0.05, 0) is 24.5 Å². The highest BCUT2D eigenvalue weighted by atomic mass is 32.2. The molecule has 2 rings (SSSR count). The molecule has 1 fully saturated rings. The van der Waals surface area contributed by atoms with E-state index in [0.29, 0.717) is 16.5 Å². The van der Waals surface area contributed by atoms with E-state index < -0.39 is 0 Å². The summed E-state index contributed by atoms with van der Waals surface area (Å²) in [4.78, 5) is 16.0. The SMILES string of the molecule is CNC(=O)c1sc(N2CCC(C(C)C)C2)c(SC)c1N. The quantitative estimate of drug-likeness (QED) is 0.839. The average molecular weight is 313 g/mol. The van der Waals surface area contributed by atoms with Crippen molar-refractivity contribution in [1.29, 1.82) is 0 Å². The summed E-state index contributed by atoms with van der Waals surface area (Å²) in [7, 11) is 1.64. The first-order valence-electron chi connectivity index (χ1n) is 6.92. The van der Waals surface area contributed by atoms with Gasteiger partial charge in [0.1, 0.15) is 9.88 Å². The maximum absolute atomic E-state index is 11.9. The largest absolute Gasteiger partial charge is 0.396 e. The zero-order valence-electron chi connectivity index (χ0n) is 12.5. The van der Waals surface area contributed by atoms with Gasteiger partial charge in [0, 0.05) is 20.1 Å². The standard InChI is InChI=1S/C14H23N3OS2/c1-8(2)9-5-6-17(7-9)14-12(19-4)10(15)11(20-14)13(18)16-3/h8-9H,5-7,15H2,1-4H3,(H,16,18). The Morgan fingerprint density at radius 3 is 2.75 bits per heavy atom. The minimum atomic E-state index is -0.0892. The summed E-state index contributed by atoms with van der Waals surface area (Å²) in [5.74, 6) is 1.35. The Kier molecular flexibility index (Phi) is 4.86. The van der Waals surface area contributed by atoms with E-state index in [-0.39, 0.29) is 5.91 Å². The fourth-order valence-electron chi connectivity index (χ4n) is 2.62. The predicted octanol–water partition coefficient (Wildman–Crippen LogP) is 2.89. The van der Waals surface area contributed by atoms with Crippen molar-refractivity contribution in [3.8, 4) is 0 Å². The van der Waals surface area contributed by atoms with Crippen LogP contribution in [-0.2, 0) is 0 Å². The fraction of sp³-hybridized carbons (Fsp3) is 0.643. The summed E-state index contributed by atoms with van der Waals surface area (Å²) in [6, 6.07) is 0. The Hall–Kier alpha value is -0.880. The van der Waals surface area contributed by atoms with Gasteiger partial charge in [-0.25, -0.2) is 0 Å². The molecule has 0 spiro atoms. The molecule has 0 bridgehead atoms. The Balaban J connectivity index is 2.30. The lowest BCUT2D eigenvalue weighted by Gasteiger charge is -2.19. The third-order valence-electron chi connectivity index (χ3n) is 3.97. The van der Waals surface area contributed by atoms with Crippen LogP contribution in [0.4, 0.5) is 10.7 Å². The molecule has 1 saturated heterocycles. The van der Waals surface area contributed by atoms with Gasteiger partial charge in [-0.2, -0.15) is 0 Å². The number of thiophene rings is 1. The second-order valence-electron chi connectivity index (χ2n) is 5.50. The highest BCUT2D eigenvalue weighted by Gasteiger charge is 2.30. The number of amides is 1. The lowest BCUT2D eigenvalue weighted by Crippen LogP contribution is -2.20. The van der Waals surface area contributed by atoms with Crippen molar-refractivity contribution in [1.82, 2.24) is 5.32 Å². The average Bonchev–Trinajstić information content (AvgIpc) is 3.02. The Morgan fingerprint density at radius 2 is 2.25 bits per heavy atom. The molecule has 6 heteroatoms. The number of anilines is 2. The van der Waals surface area contributed by atoms with Gasteiger partial charge in [0.25, 0.3) is 5.91 Å². The summed E-state index contributed by atoms with van der Waals surface area (Å²) >= 11 is 3.15. The lowest BCUT2D eigenvalue weighted by atomic mass is 9.95. The molecule has 0 saturated carbocycles. The van der Waals surface area contributed by atoms with E-state index in [9.17, 15) is 4.79 Å². The summed E-state index contributed by atoms with van der Waals surface area (Å²) in [5, 5.41) is 3.83. The molecule has 1 aromatic rings. The zero-order valence-corrected chi connectivity index (χ0v) is 14.2. The third-order valence-corrected chi connectivity index (χ3v) is 6.19. The van der Waals surface area contributed by atoms with Crippen molar-refractivity contribution >= 4 is 39.7 Å². The molecule has 0 radical (unpaired) electrons. The van der Waals surface area contributed by atoms with Crippen LogP contribution >= 0.6 is 23.1 Å². The summed E-state index contributed by atoms with van der Waals surface area (Å²) in [6.45, 7) is 6.69. The number of nitrogens with zero attached hydrogens (tertiary/aromatic N) is 1. The molecule has 0 aromatic carbocycles. The van der Waals surface area contributed by atoms with Gasteiger partial charge >= 0.3 is 0 Å². The molecule has 1 unspecified atom stereocenters. The summed E-state index contributed by atoms with van der Waals surface area (Å²) in [6.07, 6.45) is 3.24. The zero-order chi connectivity index (χ0) is 14.9. The van der Waals surface area contributed by atoms with E-state index in [4.69, 9.17) is 5.73 Å². The van der Waals surface area contributed by atoms with Gasteiger partial charge < -0.3 is 16.0 Å². The molecule has 1 amide bonds. The van der Waals surface area contributed by atoms with Crippen LogP contribution in [0.1, 0.15) is 29.9 Å². The first-order chi connectivity index (χ1) is 9.49. The highest BCUT2D eigenvalue weighted by Crippen LogP contribution is 2.45. The van der Waals surface area contributed by atoms with Crippen LogP contribution in [0.5, 0.6) is 0 Å². The van der Waals surface area contributed by atoms with Crippen LogP contribution in [0.25, 0.3) is 0 Å². The van der Waals surface area contributed by atoms with Gasteiger partial charge in [0.2, 0.25) is 0 Å². The number of nitrogen functional groups attached to an aromatic ring is 1. The predicted molar refractivity (Wildman–Crippen MR) is 89.1 cm³/mol. The molecule has 3 N–H and O–H groups in total. The molecular weight excluding hydrogens is 290 g/mol. The van der Waals surface area contributed by atoms with Crippen molar-refractivity contribution < 1.29 is 4.79 Å². The molecule has 2 heterocycles. The normalized spacial score (nSPS) is 18.9. The first kappa shape index (κ1) is 15.5. The van der Waals surface area contributed by atoms with Crippen molar-refractivity contribution in [3.63, 3.8) is 0 Å².